The molecule has 0 bridgehead atoms. The second-order valence-electron chi connectivity index (χ2n) is 2.78. The third-order valence-corrected chi connectivity index (χ3v) is 3.53. The Morgan fingerprint density at radius 2 is 1.31 bits per heavy atom. The molecule has 1 fully saturated rings. The van der Waals surface area contributed by atoms with E-state index in [0.717, 1.165) is 0 Å². The van der Waals surface area contributed by atoms with Gasteiger partial charge in [0.25, 0.3) is 12.1 Å². The van der Waals surface area contributed by atoms with Gasteiger partial charge in [-0.05, 0) is 0 Å². The molecule has 0 aliphatic carbocycles. The number of nitrogens with zero attached hydrogens (tertiary/aromatic N) is 2. The molecule has 0 spiro atoms. The van der Waals surface area contributed by atoms with Crippen molar-refractivity contribution in [2.45, 2.75) is 12.1 Å². The fraction of sp³-hybridized carbons (Fsp3) is 1.00. The standard InChI is InChI=1S/C4H6N2O6S/c7-5(8)3-1-13(11,12)2-4(3)6(9)10/h3-4H,1-2H2. The Hall–Kier alpha value is -1.25. The van der Waals surface area contributed by atoms with Gasteiger partial charge in [0.05, 0.1) is 0 Å². The largest absolute Gasteiger partial charge is 0.293 e. The van der Waals surface area contributed by atoms with E-state index < -0.39 is 43.3 Å². The summed E-state index contributed by atoms with van der Waals surface area (Å²) in [4.78, 5) is 18.7. The van der Waals surface area contributed by atoms with Crippen LogP contribution < -0.4 is 0 Å². The molecule has 2 unspecified atom stereocenters. The molecule has 0 aromatic carbocycles. The lowest BCUT2D eigenvalue weighted by molar-refractivity contribution is -0.606. The van der Waals surface area contributed by atoms with Crippen molar-refractivity contribution in [3.05, 3.63) is 20.2 Å². The van der Waals surface area contributed by atoms with E-state index >= 15 is 0 Å². The molecule has 2 atom stereocenters. The zero-order chi connectivity index (χ0) is 10.2. The highest BCUT2D eigenvalue weighted by Gasteiger charge is 2.53. The normalized spacial score (nSPS) is 31.4. The average Bonchev–Trinajstić information content (AvgIpc) is 2.26. The molecule has 1 rings (SSSR count). The van der Waals surface area contributed by atoms with Crippen molar-refractivity contribution in [2.24, 2.45) is 0 Å². The minimum absolute atomic E-state index is 0.731. The highest BCUT2D eigenvalue weighted by atomic mass is 32.2. The van der Waals surface area contributed by atoms with E-state index in [2.05, 4.69) is 0 Å². The summed E-state index contributed by atoms with van der Waals surface area (Å²) in [5.41, 5.74) is 0. The lowest BCUT2D eigenvalue weighted by Crippen LogP contribution is -2.37. The van der Waals surface area contributed by atoms with Crippen LogP contribution >= 0.6 is 0 Å². The van der Waals surface area contributed by atoms with Crippen LogP contribution in [0.25, 0.3) is 0 Å². The van der Waals surface area contributed by atoms with Crippen molar-refractivity contribution in [1.29, 1.82) is 0 Å². The van der Waals surface area contributed by atoms with Gasteiger partial charge in [-0.15, -0.1) is 0 Å². The minimum atomic E-state index is -3.62. The maximum Gasteiger partial charge on any atom is 0.293 e. The molecule has 1 heterocycles. The molecular weight excluding hydrogens is 204 g/mol. The van der Waals surface area contributed by atoms with Gasteiger partial charge in [0.1, 0.15) is 11.5 Å². The third-order valence-electron chi connectivity index (χ3n) is 1.84. The summed E-state index contributed by atoms with van der Waals surface area (Å²) in [6, 6.07) is -3.19. The monoisotopic (exact) mass is 210 g/mol. The molecule has 0 N–H and O–H groups in total. The Morgan fingerprint density at radius 1 is 1.00 bits per heavy atom. The quantitative estimate of drug-likeness (QED) is 0.412. The Kier molecular flexibility index (Phi) is 2.20. The van der Waals surface area contributed by atoms with E-state index in [-0.39, 0.29) is 0 Å². The van der Waals surface area contributed by atoms with Crippen LogP contribution in [-0.4, -0.2) is 41.9 Å². The van der Waals surface area contributed by atoms with Gasteiger partial charge >= 0.3 is 0 Å². The molecule has 0 aromatic rings. The van der Waals surface area contributed by atoms with Crippen molar-refractivity contribution < 1.29 is 18.3 Å². The summed E-state index contributed by atoms with van der Waals surface area (Å²) in [6.45, 7) is 0. The predicted octanol–water partition coefficient (Wildman–Crippen LogP) is -1.29. The Morgan fingerprint density at radius 3 is 1.54 bits per heavy atom. The van der Waals surface area contributed by atoms with Crippen LogP contribution in [0.15, 0.2) is 0 Å². The summed E-state index contributed by atoms with van der Waals surface area (Å²) in [5.74, 6) is -1.46. The van der Waals surface area contributed by atoms with E-state index in [4.69, 9.17) is 0 Å². The summed E-state index contributed by atoms with van der Waals surface area (Å²) >= 11 is 0. The van der Waals surface area contributed by atoms with Gasteiger partial charge in [-0.3, -0.25) is 20.2 Å². The zero-order valence-corrected chi connectivity index (χ0v) is 7.14. The Balaban J connectivity index is 2.97. The van der Waals surface area contributed by atoms with Gasteiger partial charge in [-0.25, -0.2) is 8.42 Å². The van der Waals surface area contributed by atoms with Crippen LogP contribution in [0.1, 0.15) is 0 Å². The number of hydrogen-bond donors (Lipinski definition) is 0. The highest BCUT2D eigenvalue weighted by Crippen LogP contribution is 2.17. The van der Waals surface area contributed by atoms with E-state index in [9.17, 15) is 28.6 Å². The first kappa shape index (κ1) is 9.84. The van der Waals surface area contributed by atoms with E-state index in [1.54, 1.807) is 0 Å². The lowest BCUT2D eigenvalue weighted by atomic mass is 10.2. The van der Waals surface area contributed by atoms with Gasteiger partial charge in [0.2, 0.25) is 0 Å². The maximum atomic E-state index is 10.9. The molecule has 0 radical (unpaired) electrons. The van der Waals surface area contributed by atoms with Crippen LogP contribution in [0.4, 0.5) is 0 Å². The second-order valence-corrected chi connectivity index (χ2v) is 4.94. The predicted molar refractivity (Wildman–Crippen MR) is 40.2 cm³/mol. The van der Waals surface area contributed by atoms with E-state index in [1.165, 1.54) is 0 Å². The Labute approximate surface area is 72.8 Å². The number of rotatable bonds is 2. The fourth-order valence-corrected chi connectivity index (χ4v) is 3.08. The first-order chi connectivity index (χ1) is 5.83. The fourth-order valence-electron chi connectivity index (χ4n) is 1.21. The molecule has 0 amide bonds. The van der Waals surface area contributed by atoms with Crippen molar-refractivity contribution in [2.75, 3.05) is 11.5 Å². The van der Waals surface area contributed by atoms with Crippen molar-refractivity contribution in [3.8, 4) is 0 Å². The number of sulfone groups is 1. The van der Waals surface area contributed by atoms with Gasteiger partial charge in [-0.2, -0.15) is 0 Å². The van der Waals surface area contributed by atoms with Crippen molar-refractivity contribution in [3.63, 3.8) is 0 Å². The van der Waals surface area contributed by atoms with E-state index in [1.807, 2.05) is 0 Å². The molecule has 9 heteroatoms. The van der Waals surface area contributed by atoms with Gasteiger partial charge in [-0.1, -0.05) is 0 Å². The molecule has 8 nitrogen and oxygen atoms in total. The maximum absolute atomic E-state index is 10.9. The molecule has 1 aliphatic rings. The molecule has 0 aromatic heterocycles. The second kappa shape index (κ2) is 2.91. The number of nitro groups is 2. The summed E-state index contributed by atoms with van der Waals surface area (Å²) in [5, 5.41) is 20.5. The first-order valence-electron chi connectivity index (χ1n) is 3.31. The summed E-state index contributed by atoms with van der Waals surface area (Å²) in [6.07, 6.45) is 0. The molecule has 74 valence electrons. The summed E-state index contributed by atoms with van der Waals surface area (Å²) < 4.78 is 21.7. The lowest BCUT2D eigenvalue weighted by Gasteiger charge is -2.01. The third kappa shape index (κ3) is 1.91. The zero-order valence-electron chi connectivity index (χ0n) is 6.32. The smallest absolute Gasteiger partial charge is 0.264 e. The van der Waals surface area contributed by atoms with Crippen molar-refractivity contribution >= 4 is 9.84 Å². The van der Waals surface area contributed by atoms with Crippen LogP contribution in [0.5, 0.6) is 0 Å². The van der Waals surface area contributed by atoms with Gasteiger partial charge in [0, 0.05) is 9.85 Å². The molecular formula is C4H6N2O6S. The average molecular weight is 210 g/mol. The molecule has 1 aliphatic heterocycles. The highest BCUT2D eigenvalue weighted by molar-refractivity contribution is 7.91. The topological polar surface area (TPSA) is 120 Å². The van der Waals surface area contributed by atoms with Crippen LogP contribution in [0.2, 0.25) is 0 Å². The molecule has 1 saturated heterocycles. The Bertz CT molecular complexity index is 320. The van der Waals surface area contributed by atoms with Crippen LogP contribution in [0.3, 0.4) is 0 Å². The first-order valence-corrected chi connectivity index (χ1v) is 5.13. The minimum Gasteiger partial charge on any atom is -0.264 e. The van der Waals surface area contributed by atoms with Gasteiger partial charge < -0.3 is 0 Å². The number of hydrogen-bond acceptors (Lipinski definition) is 6. The van der Waals surface area contributed by atoms with Gasteiger partial charge in [0.15, 0.2) is 9.84 Å². The molecule has 0 saturated carbocycles. The molecule has 13 heavy (non-hydrogen) atoms. The SMILES string of the molecule is O=[N+]([O-])C1CS(=O)(=O)CC1[N+](=O)[O-]. The van der Waals surface area contributed by atoms with Crippen molar-refractivity contribution in [1.82, 2.24) is 0 Å². The van der Waals surface area contributed by atoms with Crippen LogP contribution in [0, 0.1) is 20.2 Å². The summed E-state index contributed by atoms with van der Waals surface area (Å²) in [7, 11) is -3.62. The van der Waals surface area contributed by atoms with E-state index in [0.29, 0.717) is 0 Å². The van der Waals surface area contributed by atoms with Crippen LogP contribution in [-0.2, 0) is 9.84 Å².